The first-order chi connectivity index (χ1) is 9.08. The molecule has 0 spiro atoms. The van der Waals surface area contributed by atoms with Gasteiger partial charge in [0, 0.05) is 35.1 Å². The highest BCUT2D eigenvalue weighted by Gasteiger charge is 2.09. The lowest BCUT2D eigenvalue weighted by Gasteiger charge is -2.10. The molecule has 0 aliphatic heterocycles. The highest BCUT2D eigenvalue weighted by Crippen LogP contribution is 2.22. The molecule has 2 rings (SSSR count). The molecule has 0 aromatic carbocycles. The summed E-state index contributed by atoms with van der Waals surface area (Å²) in [5, 5.41) is 2.78. The minimum absolute atomic E-state index is 0.0392. The maximum Gasteiger partial charge on any atom is 0.228 e. The highest BCUT2D eigenvalue weighted by molar-refractivity contribution is 5.91. The summed E-state index contributed by atoms with van der Waals surface area (Å²) in [5.74, 6) is 0.462. The summed E-state index contributed by atoms with van der Waals surface area (Å²) in [7, 11) is 0. The zero-order valence-corrected chi connectivity index (χ0v) is 11.2. The molecule has 0 fully saturated rings. The molecule has 2 aromatic heterocycles. The molecule has 2 aromatic rings. The van der Waals surface area contributed by atoms with E-state index in [1.54, 1.807) is 18.5 Å². The van der Waals surface area contributed by atoms with E-state index in [-0.39, 0.29) is 11.8 Å². The second-order valence-electron chi connectivity index (χ2n) is 4.60. The van der Waals surface area contributed by atoms with Gasteiger partial charge in [0.05, 0.1) is 0 Å². The van der Waals surface area contributed by atoms with E-state index in [0.717, 1.165) is 16.8 Å². The average Bonchev–Trinajstić information content (AvgIpc) is 2.39. The van der Waals surface area contributed by atoms with Crippen LogP contribution < -0.4 is 5.32 Å². The smallest absolute Gasteiger partial charge is 0.228 e. The van der Waals surface area contributed by atoms with Gasteiger partial charge in [0.1, 0.15) is 12.1 Å². The van der Waals surface area contributed by atoms with Crippen molar-refractivity contribution in [2.45, 2.75) is 20.8 Å². The number of aryl methyl sites for hydroxylation is 1. The lowest BCUT2D eigenvalue weighted by atomic mass is 10.1. The molecule has 0 unspecified atom stereocenters. The van der Waals surface area contributed by atoms with Gasteiger partial charge in [-0.05, 0) is 19.1 Å². The van der Waals surface area contributed by atoms with Crippen LogP contribution >= 0.6 is 0 Å². The van der Waals surface area contributed by atoms with E-state index in [0.29, 0.717) is 5.82 Å². The second kappa shape index (κ2) is 5.56. The highest BCUT2D eigenvalue weighted by atomic mass is 16.1. The number of carbonyl (C=O) groups is 1. The Morgan fingerprint density at radius 2 is 1.89 bits per heavy atom. The molecule has 0 radical (unpaired) electrons. The second-order valence-corrected chi connectivity index (χ2v) is 4.60. The van der Waals surface area contributed by atoms with Crippen molar-refractivity contribution in [1.29, 1.82) is 0 Å². The number of pyridine rings is 1. The molecule has 0 saturated carbocycles. The lowest BCUT2D eigenvalue weighted by Crippen LogP contribution is -2.18. The molecule has 5 heteroatoms. The van der Waals surface area contributed by atoms with E-state index in [2.05, 4.69) is 20.3 Å². The van der Waals surface area contributed by atoms with Crippen molar-refractivity contribution in [3.05, 3.63) is 36.5 Å². The zero-order valence-electron chi connectivity index (χ0n) is 11.2. The number of nitrogens with one attached hydrogen (secondary N) is 1. The van der Waals surface area contributed by atoms with Gasteiger partial charge in [-0.25, -0.2) is 15.0 Å². The molecule has 0 atom stereocenters. The summed E-state index contributed by atoms with van der Waals surface area (Å²) in [6.45, 7) is 5.59. The van der Waals surface area contributed by atoms with Crippen LogP contribution in [0.1, 0.15) is 19.5 Å². The first-order valence-corrected chi connectivity index (χ1v) is 6.12. The molecule has 0 aliphatic carbocycles. The maximum absolute atomic E-state index is 11.6. The van der Waals surface area contributed by atoms with Gasteiger partial charge in [0.2, 0.25) is 5.91 Å². The number of rotatable bonds is 3. The van der Waals surface area contributed by atoms with E-state index in [1.807, 2.05) is 26.8 Å². The van der Waals surface area contributed by atoms with Crippen LogP contribution in [0.15, 0.2) is 30.9 Å². The third-order valence-electron chi connectivity index (χ3n) is 2.73. The monoisotopic (exact) mass is 256 g/mol. The van der Waals surface area contributed by atoms with Crippen molar-refractivity contribution < 1.29 is 4.79 Å². The summed E-state index contributed by atoms with van der Waals surface area (Å²) in [5.41, 5.74) is 2.70. The van der Waals surface area contributed by atoms with E-state index >= 15 is 0 Å². The third kappa shape index (κ3) is 3.13. The molecule has 1 amide bonds. The van der Waals surface area contributed by atoms with Gasteiger partial charge >= 0.3 is 0 Å². The number of hydrogen-bond acceptors (Lipinski definition) is 4. The van der Waals surface area contributed by atoms with Crippen LogP contribution in [-0.4, -0.2) is 20.9 Å². The van der Waals surface area contributed by atoms with Crippen LogP contribution in [0.2, 0.25) is 0 Å². The van der Waals surface area contributed by atoms with Crippen LogP contribution in [0, 0.1) is 12.8 Å². The van der Waals surface area contributed by atoms with Crippen LogP contribution in [0.3, 0.4) is 0 Å². The molecule has 98 valence electrons. The fourth-order valence-electron chi connectivity index (χ4n) is 1.64. The van der Waals surface area contributed by atoms with Crippen LogP contribution in [0.25, 0.3) is 11.1 Å². The normalized spacial score (nSPS) is 10.5. The Kier molecular flexibility index (Phi) is 3.85. The summed E-state index contributed by atoms with van der Waals surface area (Å²) in [6.07, 6.45) is 4.97. The van der Waals surface area contributed by atoms with Crippen LogP contribution in [-0.2, 0) is 4.79 Å². The van der Waals surface area contributed by atoms with Gasteiger partial charge in [-0.2, -0.15) is 0 Å². The largest absolute Gasteiger partial charge is 0.310 e. The van der Waals surface area contributed by atoms with E-state index in [9.17, 15) is 4.79 Å². The minimum Gasteiger partial charge on any atom is -0.310 e. The Bertz CT molecular complexity index is 581. The Labute approximate surface area is 112 Å². The van der Waals surface area contributed by atoms with E-state index in [4.69, 9.17) is 0 Å². The Morgan fingerprint density at radius 3 is 2.47 bits per heavy atom. The quantitative estimate of drug-likeness (QED) is 0.915. The fourth-order valence-corrected chi connectivity index (χ4v) is 1.64. The Balaban J connectivity index is 2.25. The number of hydrogen-bond donors (Lipinski definition) is 1. The molecule has 5 nitrogen and oxygen atoms in total. The third-order valence-corrected chi connectivity index (χ3v) is 2.73. The van der Waals surface area contributed by atoms with Crippen LogP contribution in [0.5, 0.6) is 0 Å². The van der Waals surface area contributed by atoms with Gasteiger partial charge in [-0.15, -0.1) is 0 Å². The molecule has 1 N–H and O–H groups in total. The Morgan fingerprint density at radius 1 is 1.21 bits per heavy atom. The molecule has 0 saturated heterocycles. The van der Waals surface area contributed by atoms with Crippen molar-refractivity contribution in [1.82, 2.24) is 15.0 Å². The lowest BCUT2D eigenvalue weighted by molar-refractivity contribution is -0.118. The predicted octanol–water partition coefficient (Wildman–Crippen LogP) is 2.44. The van der Waals surface area contributed by atoms with Gasteiger partial charge in [-0.3, -0.25) is 4.79 Å². The van der Waals surface area contributed by atoms with Crippen molar-refractivity contribution in [2.75, 3.05) is 5.32 Å². The van der Waals surface area contributed by atoms with Gasteiger partial charge in [0.25, 0.3) is 0 Å². The number of amides is 1. The molecule has 19 heavy (non-hydrogen) atoms. The first kappa shape index (κ1) is 13.1. The number of nitrogens with zero attached hydrogens (tertiary/aromatic N) is 3. The van der Waals surface area contributed by atoms with Gasteiger partial charge < -0.3 is 5.32 Å². The first-order valence-electron chi connectivity index (χ1n) is 6.12. The minimum atomic E-state index is -0.0655. The summed E-state index contributed by atoms with van der Waals surface area (Å²) >= 11 is 0. The molecule has 2 heterocycles. The van der Waals surface area contributed by atoms with Crippen molar-refractivity contribution in [3.63, 3.8) is 0 Å². The molecular formula is C14H16N4O. The number of anilines is 1. The van der Waals surface area contributed by atoms with Gasteiger partial charge in [0.15, 0.2) is 0 Å². The standard InChI is InChI=1S/C14H16N4O/c1-9(2)14(19)18-13-5-4-12(10(3)17-13)11-6-15-8-16-7-11/h4-9H,1-3H3,(H,17,18,19). The molecular weight excluding hydrogens is 240 g/mol. The molecule has 0 bridgehead atoms. The van der Waals surface area contributed by atoms with E-state index < -0.39 is 0 Å². The maximum atomic E-state index is 11.6. The predicted molar refractivity (Wildman–Crippen MR) is 73.5 cm³/mol. The number of aromatic nitrogens is 3. The van der Waals surface area contributed by atoms with Gasteiger partial charge in [-0.1, -0.05) is 13.8 Å². The van der Waals surface area contributed by atoms with Crippen molar-refractivity contribution >= 4 is 11.7 Å². The average molecular weight is 256 g/mol. The van der Waals surface area contributed by atoms with Crippen LogP contribution in [0.4, 0.5) is 5.82 Å². The summed E-state index contributed by atoms with van der Waals surface area (Å²) in [6, 6.07) is 3.70. The number of carbonyl (C=O) groups excluding carboxylic acids is 1. The fraction of sp³-hybridized carbons (Fsp3) is 0.286. The van der Waals surface area contributed by atoms with Crippen molar-refractivity contribution in [3.8, 4) is 11.1 Å². The van der Waals surface area contributed by atoms with Crippen molar-refractivity contribution in [2.24, 2.45) is 5.92 Å². The summed E-state index contributed by atoms with van der Waals surface area (Å²) < 4.78 is 0. The SMILES string of the molecule is Cc1nc(NC(=O)C(C)C)ccc1-c1cncnc1. The zero-order chi connectivity index (χ0) is 13.8. The topological polar surface area (TPSA) is 67.8 Å². The molecule has 0 aliphatic rings. The van der Waals surface area contributed by atoms with E-state index in [1.165, 1.54) is 6.33 Å². The Hall–Kier alpha value is -2.30. The summed E-state index contributed by atoms with van der Waals surface area (Å²) in [4.78, 5) is 24.0.